The van der Waals surface area contributed by atoms with Crippen LogP contribution in [-0.2, 0) is 14.3 Å². The number of fused-ring (bicyclic) bond motifs is 1. The number of thiazole rings is 1. The molecule has 2 unspecified atom stereocenters. The van der Waals surface area contributed by atoms with Gasteiger partial charge in [0.15, 0.2) is 16.4 Å². The average molecular weight is 683 g/mol. The number of hydrogen-bond acceptors (Lipinski definition) is 10. The molecule has 2 fully saturated rings. The number of nitrogens with one attached hydrogen (secondary N) is 1. The van der Waals surface area contributed by atoms with Gasteiger partial charge in [0, 0.05) is 66.3 Å². The van der Waals surface area contributed by atoms with Crippen LogP contribution in [0.2, 0.25) is 5.02 Å². The summed E-state index contributed by atoms with van der Waals surface area (Å²) in [6.07, 6.45) is 1.66. The smallest absolute Gasteiger partial charge is 0.347 e. The first kappa shape index (κ1) is 32.4. The number of carboxylic acids is 1. The Bertz CT molecular complexity index is 1770. The van der Waals surface area contributed by atoms with Crippen LogP contribution in [-0.4, -0.2) is 95.2 Å². The topological polar surface area (TPSA) is 137 Å². The maximum Gasteiger partial charge on any atom is 0.347 e. The lowest BCUT2D eigenvalue weighted by Crippen LogP contribution is -2.53. The minimum absolute atomic E-state index is 0.122. The molecule has 3 aliphatic rings. The number of esters is 1. The predicted octanol–water partition coefficient (Wildman–Crippen LogP) is 4.32. The van der Waals surface area contributed by atoms with E-state index in [9.17, 15) is 23.9 Å². The summed E-state index contributed by atoms with van der Waals surface area (Å²) >= 11 is 7.85. The monoisotopic (exact) mass is 682 g/mol. The Hall–Kier alpha value is -4.53. The second kappa shape index (κ2) is 12.9. The zero-order valence-electron chi connectivity index (χ0n) is 25.8. The molecule has 0 spiro atoms. The van der Waals surface area contributed by atoms with Crippen LogP contribution < -0.4 is 15.0 Å². The molecule has 0 saturated carbocycles. The van der Waals surface area contributed by atoms with Gasteiger partial charge in [0.05, 0.1) is 18.7 Å². The van der Waals surface area contributed by atoms with E-state index in [0.717, 1.165) is 0 Å². The van der Waals surface area contributed by atoms with Crippen molar-refractivity contribution in [1.29, 1.82) is 0 Å². The van der Waals surface area contributed by atoms with E-state index in [2.05, 4.69) is 15.2 Å². The van der Waals surface area contributed by atoms with E-state index in [-0.39, 0.29) is 22.7 Å². The summed E-state index contributed by atoms with van der Waals surface area (Å²) in [5, 5.41) is 15.2. The van der Waals surface area contributed by atoms with Crippen LogP contribution in [0.1, 0.15) is 30.5 Å². The van der Waals surface area contributed by atoms with Crippen molar-refractivity contribution in [1.82, 2.24) is 20.1 Å². The number of methoxy groups -OCH3 is 1. The highest BCUT2D eigenvalue weighted by Gasteiger charge is 2.42. The van der Waals surface area contributed by atoms with E-state index in [1.54, 1.807) is 35.4 Å². The molecule has 2 atom stereocenters. The average Bonchev–Trinajstić information content (AvgIpc) is 3.69. The number of aliphatic carboxylic acids is 1. The fourth-order valence-electron chi connectivity index (χ4n) is 5.86. The zero-order chi connectivity index (χ0) is 33.5. The van der Waals surface area contributed by atoms with Gasteiger partial charge in [-0.2, -0.15) is 0 Å². The van der Waals surface area contributed by atoms with Gasteiger partial charge in [-0.3, -0.25) is 14.8 Å². The quantitative estimate of drug-likeness (QED) is 0.316. The summed E-state index contributed by atoms with van der Waals surface area (Å²) in [5.74, 6) is -1.36. The number of urea groups is 1. The normalized spacial score (nSPS) is 20.1. The fourth-order valence-corrected chi connectivity index (χ4v) is 6.71. The number of piperazine rings is 1. The Morgan fingerprint density at radius 3 is 2.60 bits per heavy atom. The molecule has 0 radical (unpaired) electrons. The van der Waals surface area contributed by atoms with Crippen molar-refractivity contribution in [3.8, 4) is 5.75 Å². The highest BCUT2D eigenvalue weighted by molar-refractivity contribution is 7.11. The molecule has 6 rings (SSSR count). The summed E-state index contributed by atoms with van der Waals surface area (Å²) in [5.41, 5.74) is 0.526. The van der Waals surface area contributed by atoms with Gasteiger partial charge >= 0.3 is 18.0 Å². The number of amides is 2. The molecule has 4 heterocycles. The number of halogens is 2. The molecule has 2 aromatic carbocycles. The van der Waals surface area contributed by atoms with Gasteiger partial charge in [-0.1, -0.05) is 17.7 Å². The molecule has 3 aromatic rings. The highest BCUT2D eigenvalue weighted by atomic mass is 35.5. The third-order valence-electron chi connectivity index (χ3n) is 8.28. The van der Waals surface area contributed by atoms with Gasteiger partial charge in [0.25, 0.3) is 0 Å². The van der Waals surface area contributed by atoms with Gasteiger partial charge in [-0.25, -0.2) is 23.8 Å². The highest BCUT2D eigenvalue weighted by Crippen LogP contribution is 2.37. The molecular weight excluding hydrogens is 651 g/mol. The third kappa shape index (κ3) is 6.53. The van der Waals surface area contributed by atoms with Gasteiger partial charge in [0.1, 0.15) is 17.6 Å². The summed E-state index contributed by atoms with van der Waals surface area (Å²) in [6, 6.07) is 9.63. The van der Waals surface area contributed by atoms with Crippen LogP contribution in [0.5, 0.6) is 5.75 Å². The number of carbonyl (C=O) groups is 3. The van der Waals surface area contributed by atoms with Gasteiger partial charge in [-0.15, -0.1) is 11.3 Å². The standard InChI is InChI=1S/C32H32ClFN6O6S/c1-32(2,30(42)43)46-21-7-5-19(6-8-21)40-16-20-15-38(11-12-39(20)31(40)44)17-24-25(29(41)45-3)26(22-9-4-18(34)14-23(22)33)37-27(36-24)28-35-10-13-47-28/h4-10,13-14,20,26H,11-12,15-17H2,1-3H3,(H,36,37)(H,42,43). The number of rotatable bonds is 9. The number of anilines is 1. The van der Waals surface area contributed by atoms with Crippen LogP contribution in [0, 0.1) is 5.82 Å². The first-order chi connectivity index (χ1) is 22.4. The Balaban J connectivity index is 1.23. The number of nitrogens with zero attached hydrogens (tertiary/aromatic N) is 5. The molecule has 246 valence electrons. The minimum Gasteiger partial charge on any atom is -0.478 e. The van der Waals surface area contributed by atoms with E-state index >= 15 is 0 Å². The van der Waals surface area contributed by atoms with E-state index in [4.69, 9.17) is 26.1 Å². The van der Waals surface area contributed by atoms with E-state index in [1.165, 1.54) is 50.5 Å². The van der Waals surface area contributed by atoms with Gasteiger partial charge < -0.3 is 24.8 Å². The number of hydrogen-bond donors (Lipinski definition) is 2. The summed E-state index contributed by atoms with van der Waals surface area (Å²) in [6.45, 7) is 5.22. The molecule has 15 heteroatoms. The Kier molecular flexibility index (Phi) is 8.92. The van der Waals surface area contributed by atoms with Crippen molar-refractivity contribution in [3.63, 3.8) is 0 Å². The summed E-state index contributed by atoms with van der Waals surface area (Å²) in [4.78, 5) is 53.0. The molecule has 47 heavy (non-hydrogen) atoms. The van der Waals surface area contributed by atoms with Crippen molar-refractivity contribution in [2.75, 3.05) is 44.7 Å². The minimum atomic E-state index is -1.40. The predicted molar refractivity (Wildman–Crippen MR) is 173 cm³/mol. The van der Waals surface area contributed by atoms with Crippen LogP contribution in [0.3, 0.4) is 0 Å². The van der Waals surface area contributed by atoms with Crippen LogP contribution >= 0.6 is 22.9 Å². The Morgan fingerprint density at radius 1 is 1.17 bits per heavy atom. The molecule has 3 aliphatic heterocycles. The number of carbonyl (C=O) groups excluding carboxylic acids is 2. The largest absolute Gasteiger partial charge is 0.478 e. The van der Waals surface area contributed by atoms with Crippen molar-refractivity contribution in [2.45, 2.75) is 31.5 Å². The lowest BCUT2D eigenvalue weighted by molar-refractivity contribution is -0.152. The lowest BCUT2D eigenvalue weighted by atomic mass is 9.95. The zero-order valence-corrected chi connectivity index (χ0v) is 27.3. The van der Waals surface area contributed by atoms with Gasteiger partial charge in [-0.05, 0) is 50.2 Å². The lowest BCUT2D eigenvalue weighted by Gasteiger charge is -2.38. The van der Waals surface area contributed by atoms with Crippen molar-refractivity contribution >= 4 is 52.4 Å². The second-order valence-corrected chi connectivity index (χ2v) is 13.1. The van der Waals surface area contributed by atoms with Crippen molar-refractivity contribution < 1.29 is 33.4 Å². The number of benzene rings is 2. The van der Waals surface area contributed by atoms with E-state index < -0.39 is 29.4 Å². The molecule has 2 saturated heterocycles. The van der Waals surface area contributed by atoms with Crippen LogP contribution in [0.4, 0.5) is 14.9 Å². The van der Waals surface area contributed by atoms with Crippen LogP contribution in [0.25, 0.3) is 0 Å². The number of ether oxygens (including phenoxy) is 2. The summed E-state index contributed by atoms with van der Waals surface area (Å²) in [7, 11) is 1.29. The maximum atomic E-state index is 14.0. The molecule has 0 bridgehead atoms. The number of carboxylic acid groups (broad SMARTS) is 1. The van der Waals surface area contributed by atoms with E-state index in [0.29, 0.717) is 66.3 Å². The van der Waals surface area contributed by atoms with Gasteiger partial charge in [0.2, 0.25) is 0 Å². The summed E-state index contributed by atoms with van der Waals surface area (Å²) < 4.78 is 24.8. The molecule has 2 N–H and O–H groups in total. The van der Waals surface area contributed by atoms with Crippen LogP contribution in [0.15, 0.2) is 70.3 Å². The fraction of sp³-hybridized carbons (Fsp3) is 0.344. The molecular formula is C32H32ClFN6O6S. The second-order valence-electron chi connectivity index (χ2n) is 11.8. The number of aromatic nitrogens is 1. The Labute approximate surface area is 279 Å². The third-order valence-corrected chi connectivity index (χ3v) is 9.39. The Morgan fingerprint density at radius 2 is 1.94 bits per heavy atom. The molecule has 12 nitrogen and oxygen atoms in total. The SMILES string of the molecule is COC(=O)C1=C(CN2CCN3C(=O)N(c4ccc(OC(C)(C)C(=O)O)cc4)CC3C2)NC(c2nccs2)=NC1c1ccc(F)cc1Cl. The first-order valence-electron chi connectivity index (χ1n) is 14.8. The molecule has 1 aromatic heterocycles. The molecule has 0 aliphatic carbocycles. The maximum absolute atomic E-state index is 14.0. The number of amidine groups is 1. The first-order valence-corrected chi connectivity index (χ1v) is 16.0. The number of aliphatic imine (C=N–C) groups is 1. The van der Waals surface area contributed by atoms with Crippen molar-refractivity contribution in [2.24, 2.45) is 4.99 Å². The molecule has 2 amide bonds. The van der Waals surface area contributed by atoms with E-state index in [1.807, 2.05) is 10.3 Å². The van der Waals surface area contributed by atoms with Crippen molar-refractivity contribution in [3.05, 3.63) is 86.7 Å².